The summed E-state index contributed by atoms with van der Waals surface area (Å²) in [6.45, 7) is 4.78. The first-order valence-electron chi connectivity index (χ1n) is 16.4. The van der Waals surface area contributed by atoms with E-state index in [9.17, 15) is 0 Å². The van der Waals surface area contributed by atoms with Crippen molar-refractivity contribution in [3.05, 3.63) is 180 Å². The van der Waals surface area contributed by atoms with Gasteiger partial charge < -0.3 is 0 Å². The lowest BCUT2D eigenvalue weighted by Crippen LogP contribution is -2.26. The summed E-state index contributed by atoms with van der Waals surface area (Å²) in [4.78, 5) is 23.0. The Hall–Kier alpha value is -5.44. The van der Waals surface area contributed by atoms with Gasteiger partial charge in [-0.15, -0.1) is 0 Å². The molecule has 0 amide bonds. The minimum atomic E-state index is 0.761. The zero-order chi connectivity index (χ0) is 32.6. The van der Waals surface area contributed by atoms with Crippen molar-refractivity contribution in [2.75, 3.05) is 13.1 Å². The van der Waals surface area contributed by atoms with Crippen molar-refractivity contribution < 1.29 is 0 Å². The van der Waals surface area contributed by atoms with Gasteiger partial charge in [-0.1, -0.05) is 48.5 Å². The summed E-state index contributed by atoms with van der Waals surface area (Å²) in [7, 11) is 0. The van der Waals surface area contributed by atoms with Crippen molar-refractivity contribution in [1.82, 2.24) is 29.7 Å². The highest BCUT2D eigenvalue weighted by Gasteiger charge is 2.11. The molecular weight excluding hydrogens is 592 g/mol. The molecule has 0 aliphatic heterocycles. The highest BCUT2D eigenvalue weighted by molar-refractivity contribution is 5.43. The summed E-state index contributed by atoms with van der Waals surface area (Å²) in [6, 6.07) is 40.9. The van der Waals surface area contributed by atoms with Crippen LogP contribution in [0.1, 0.15) is 33.9 Å². The van der Waals surface area contributed by atoms with E-state index in [1.54, 1.807) is 0 Å². The molecule has 240 valence electrons. The van der Waals surface area contributed by atoms with Crippen LogP contribution in [0.25, 0.3) is 0 Å². The van der Waals surface area contributed by atoms with Crippen LogP contribution in [0.15, 0.2) is 156 Å². The second-order valence-corrected chi connectivity index (χ2v) is 11.7. The lowest BCUT2D eigenvalue weighted by Gasteiger charge is -2.22. The molecule has 0 unspecified atom stereocenters. The highest BCUT2D eigenvalue weighted by atomic mass is 15.1. The SMILES string of the molecule is c1ccc(CN(CCc2cccc(N=Nc3cccc(CCN(Cc4ccccn4)Cc4ccccn4)c3)c2)Cc2ccccn2)nc1. The standard InChI is InChI=1S/C40H40N8/c1-5-21-41-37(13-1)29-47(30-38-14-2-6-22-42-38)25-19-33-11-9-17-35(27-33)45-46-36-18-10-12-34(28-36)20-26-48(31-39-15-3-7-23-43-39)32-40-16-4-8-24-44-40/h1-18,21-24,27-28H,19-20,25-26,29-32H2. The average Bonchev–Trinajstić information content (AvgIpc) is 3.14. The fraction of sp³-hybridized carbons (Fsp3) is 0.200. The van der Waals surface area contributed by atoms with Crippen LogP contribution in [0.5, 0.6) is 0 Å². The number of rotatable bonds is 16. The van der Waals surface area contributed by atoms with Gasteiger partial charge in [-0.05, 0) is 96.8 Å². The Kier molecular flexibility index (Phi) is 11.8. The van der Waals surface area contributed by atoms with Crippen molar-refractivity contribution in [1.29, 1.82) is 0 Å². The van der Waals surface area contributed by atoms with Gasteiger partial charge in [0.1, 0.15) is 0 Å². The van der Waals surface area contributed by atoms with Crippen LogP contribution in [0.3, 0.4) is 0 Å². The Labute approximate surface area is 282 Å². The summed E-state index contributed by atoms with van der Waals surface area (Å²) in [5.74, 6) is 0. The number of hydrogen-bond donors (Lipinski definition) is 0. The zero-order valence-corrected chi connectivity index (χ0v) is 27.1. The molecule has 2 aromatic carbocycles. The van der Waals surface area contributed by atoms with Crippen LogP contribution in [0.2, 0.25) is 0 Å². The first-order chi connectivity index (χ1) is 23.7. The molecule has 0 radical (unpaired) electrons. The van der Waals surface area contributed by atoms with E-state index in [4.69, 9.17) is 0 Å². The molecule has 48 heavy (non-hydrogen) atoms. The number of aromatic nitrogens is 4. The number of hydrogen-bond acceptors (Lipinski definition) is 8. The van der Waals surface area contributed by atoms with Gasteiger partial charge in [0.15, 0.2) is 0 Å². The third-order valence-corrected chi connectivity index (χ3v) is 7.98. The molecule has 6 aromatic rings. The van der Waals surface area contributed by atoms with Gasteiger partial charge in [-0.3, -0.25) is 29.7 Å². The molecule has 8 heteroatoms. The molecule has 0 spiro atoms. The van der Waals surface area contributed by atoms with Crippen molar-refractivity contribution in [2.24, 2.45) is 10.2 Å². The predicted octanol–water partition coefficient (Wildman–Crippen LogP) is 8.17. The number of pyridine rings is 4. The van der Waals surface area contributed by atoms with Crippen LogP contribution < -0.4 is 0 Å². The molecule has 0 aliphatic carbocycles. The van der Waals surface area contributed by atoms with Crippen molar-refractivity contribution in [3.8, 4) is 0 Å². The van der Waals surface area contributed by atoms with Crippen molar-refractivity contribution in [2.45, 2.75) is 39.0 Å². The quantitative estimate of drug-likeness (QED) is 0.100. The lowest BCUT2D eigenvalue weighted by molar-refractivity contribution is 0.254. The van der Waals surface area contributed by atoms with Gasteiger partial charge in [0.25, 0.3) is 0 Å². The molecule has 4 heterocycles. The van der Waals surface area contributed by atoms with Crippen LogP contribution in [-0.2, 0) is 39.0 Å². The van der Waals surface area contributed by atoms with E-state index >= 15 is 0 Å². The fourth-order valence-electron chi connectivity index (χ4n) is 5.55. The van der Waals surface area contributed by atoms with Crippen LogP contribution in [0.4, 0.5) is 11.4 Å². The molecule has 4 aromatic heterocycles. The first kappa shape index (κ1) is 32.5. The molecule has 0 aliphatic rings. The second-order valence-electron chi connectivity index (χ2n) is 11.7. The maximum absolute atomic E-state index is 4.61. The first-order valence-corrected chi connectivity index (χ1v) is 16.4. The Balaban J connectivity index is 1.07. The average molecular weight is 633 g/mol. The Morgan fingerprint density at radius 1 is 0.396 bits per heavy atom. The number of azo groups is 1. The lowest BCUT2D eigenvalue weighted by atomic mass is 10.1. The number of benzene rings is 2. The Bertz CT molecular complexity index is 1610. The van der Waals surface area contributed by atoms with E-state index < -0.39 is 0 Å². The van der Waals surface area contributed by atoms with Gasteiger partial charge in [-0.25, -0.2) is 0 Å². The van der Waals surface area contributed by atoms with E-state index in [1.165, 1.54) is 11.1 Å². The van der Waals surface area contributed by atoms with Crippen molar-refractivity contribution in [3.63, 3.8) is 0 Å². The Morgan fingerprint density at radius 2 is 0.750 bits per heavy atom. The van der Waals surface area contributed by atoms with Gasteiger partial charge in [0.2, 0.25) is 0 Å². The summed E-state index contributed by atoms with van der Waals surface area (Å²) in [5.41, 5.74) is 8.31. The monoisotopic (exact) mass is 632 g/mol. The van der Waals surface area contributed by atoms with Gasteiger partial charge in [0, 0.05) is 64.1 Å². The van der Waals surface area contributed by atoms with E-state index in [0.29, 0.717) is 0 Å². The molecule has 0 N–H and O–H groups in total. The van der Waals surface area contributed by atoms with Gasteiger partial charge in [-0.2, -0.15) is 10.2 Å². The molecule has 8 nitrogen and oxygen atoms in total. The van der Waals surface area contributed by atoms with Gasteiger partial charge >= 0.3 is 0 Å². The minimum Gasteiger partial charge on any atom is -0.291 e. The van der Waals surface area contributed by atoms with E-state index in [2.05, 4.69) is 101 Å². The minimum absolute atomic E-state index is 0.761. The third-order valence-electron chi connectivity index (χ3n) is 7.98. The van der Waals surface area contributed by atoms with Crippen LogP contribution in [-0.4, -0.2) is 42.8 Å². The maximum atomic E-state index is 4.61. The predicted molar refractivity (Wildman–Crippen MR) is 190 cm³/mol. The normalized spacial score (nSPS) is 11.5. The summed E-state index contributed by atoms with van der Waals surface area (Å²) in [5, 5.41) is 9.22. The molecule has 0 fully saturated rings. The number of nitrogens with zero attached hydrogens (tertiary/aromatic N) is 8. The fourth-order valence-corrected chi connectivity index (χ4v) is 5.55. The third kappa shape index (κ3) is 10.6. The summed E-state index contributed by atoms with van der Waals surface area (Å²) < 4.78 is 0. The molecular formula is C40H40N8. The van der Waals surface area contributed by atoms with Gasteiger partial charge in [0.05, 0.1) is 34.2 Å². The molecule has 0 saturated carbocycles. The summed E-state index contributed by atoms with van der Waals surface area (Å²) >= 11 is 0. The van der Waals surface area contributed by atoms with Crippen LogP contribution >= 0.6 is 0 Å². The maximum Gasteiger partial charge on any atom is 0.0859 e. The smallest absolute Gasteiger partial charge is 0.0859 e. The van der Waals surface area contributed by atoms with Crippen LogP contribution in [0, 0.1) is 0 Å². The molecule has 0 atom stereocenters. The summed E-state index contributed by atoms with van der Waals surface area (Å²) in [6.07, 6.45) is 9.15. The van der Waals surface area contributed by atoms with E-state index in [-0.39, 0.29) is 0 Å². The Morgan fingerprint density at radius 3 is 1.06 bits per heavy atom. The van der Waals surface area contributed by atoms with E-state index in [1.807, 2.05) is 85.5 Å². The molecule has 0 saturated heterocycles. The largest absolute Gasteiger partial charge is 0.291 e. The van der Waals surface area contributed by atoms with Crippen molar-refractivity contribution >= 4 is 11.4 Å². The topological polar surface area (TPSA) is 82.8 Å². The molecule has 0 bridgehead atoms. The molecule has 6 rings (SSSR count). The second kappa shape index (κ2) is 17.5. The highest BCUT2D eigenvalue weighted by Crippen LogP contribution is 2.22. The van der Waals surface area contributed by atoms with E-state index in [0.717, 1.165) is 86.3 Å². The zero-order valence-electron chi connectivity index (χ0n) is 27.1.